The largest absolute Gasteiger partial charge is 0.497 e. The van der Waals surface area contributed by atoms with Crippen LogP contribution < -0.4 is 14.9 Å². The molecular formula is C8H10BFO4. The number of methoxy groups -OCH3 is 2. The van der Waals surface area contributed by atoms with E-state index in [9.17, 15) is 4.39 Å². The fourth-order valence-electron chi connectivity index (χ4n) is 1.11. The second-order valence-corrected chi connectivity index (χ2v) is 2.61. The van der Waals surface area contributed by atoms with Gasteiger partial charge in [0, 0.05) is 11.5 Å². The molecule has 0 atom stereocenters. The molecule has 0 aliphatic carbocycles. The van der Waals surface area contributed by atoms with Gasteiger partial charge in [0.1, 0.15) is 5.75 Å². The molecule has 4 nitrogen and oxygen atoms in total. The van der Waals surface area contributed by atoms with Crippen LogP contribution in [0, 0.1) is 5.82 Å². The summed E-state index contributed by atoms with van der Waals surface area (Å²) in [7, 11) is 0.806. The molecule has 1 aromatic rings. The number of ether oxygens (including phenoxy) is 2. The third-order valence-electron chi connectivity index (χ3n) is 1.76. The summed E-state index contributed by atoms with van der Waals surface area (Å²) in [5.41, 5.74) is -0.0654. The second-order valence-electron chi connectivity index (χ2n) is 2.61. The van der Waals surface area contributed by atoms with E-state index in [1.807, 2.05) is 0 Å². The van der Waals surface area contributed by atoms with E-state index in [-0.39, 0.29) is 17.0 Å². The first-order chi connectivity index (χ1) is 6.60. The molecule has 0 fully saturated rings. The van der Waals surface area contributed by atoms with Gasteiger partial charge in [-0.1, -0.05) is 0 Å². The fraction of sp³-hybridized carbons (Fsp3) is 0.250. The van der Waals surface area contributed by atoms with Crippen LogP contribution in [0.4, 0.5) is 4.39 Å². The van der Waals surface area contributed by atoms with Crippen molar-refractivity contribution in [3.63, 3.8) is 0 Å². The van der Waals surface area contributed by atoms with Crippen molar-refractivity contribution in [3.8, 4) is 11.5 Å². The normalized spacial score (nSPS) is 9.79. The summed E-state index contributed by atoms with van der Waals surface area (Å²) < 4.78 is 22.7. The highest BCUT2D eigenvalue weighted by Crippen LogP contribution is 2.20. The lowest BCUT2D eigenvalue weighted by Gasteiger charge is -2.10. The van der Waals surface area contributed by atoms with Crippen LogP contribution in [0.2, 0.25) is 0 Å². The molecule has 1 aromatic carbocycles. The molecule has 0 saturated carbocycles. The third-order valence-corrected chi connectivity index (χ3v) is 1.76. The van der Waals surface area contributed by atoms with Crippen LogP contribution in [-0.4, -0.2) is 31.4 Å². The molecule has 0 aromatic heterocycles. The summed E-state index contributed by atoms with van der Waals surface area (Å²) >= 11 is 0. The topological polar surface area (TPSA) is 58.9 Å². The van der Waals surface area contributed by atoms with Crippen LogP contribution in [-0.2, 0) is 0 Å². The molecular weight excluding hydrogens is 190 g/mol. The minimum absolute atomic E-state index is 0.0654. The summed E-state index contributed by atoms with van der Waals surface area (Å²) in [6.07, 6.45) is 0. The molecule has 0 radical (unpaired) electrons. The van der Waals surface area contributed by atoms with Gasteiger partial charge in [-0.3, -0.25) is 0 Å². The fourth-order valence-corrected chi connectivity index (χ4v) is 1.11. The van der Waals surface area contributed by atoms with Crippen LogP contribution in [0.1, 0.15) is 0 Å². The number of hydrogen-bond donors (Lipinski definition) is 2. The minimum Gasteiger partial charge on any atom is -0.497 e. The standard InChI is InChI=1S/C8H10BFO4/c1-13-5-3-6(9(11)12)8(14-2)7(10)4-5/h3-4,11-12H,1-2H3. The van der Waals surface area contributed by atoms with Crippen molar-refractivity contribution in [2.75, 3.05) is 14.2 Å². The molecule has 0 heterocycles. The summed E-state index contributed by atoms with van der Waals surface area (Å²) in [4.78, 5) is 0. The average molecular weight is 200 g/mol. The maximum absolute atomic E-state index is 13.2. The van der Waals surface area contributed by atoms with E-state index in [1.54, 1.807) is 0 Å². The van der Waals surface area contributed by atoms with Crippen molar-refractivity contribution in [1.82, 2.24) is 0 Å². The quantitative estimate of drug-likeness (QED) is 0.647. The van der Waals surface area contributed by atoms with Crippen molar-refractivity contribution in [2.24, 2.45) is 0 Å². The van der Waals surface area contributed by atoms with E-state index < -0.39 is 12.9 Å². The van der Waals surface area contributed by atoms with Gasteiger partial charge in [0.05, 0.1) is 14.2 Å². The first-order valence-electron chi connectivity index (χ1n) is 3.87. The molecule has 1 rings (SSSR count). The SMILES string of the molecule is COc1cc(F)c(OC)c(B(O)O)c1. The lowest BCUT2D eigenvalue weighted by molar-refractivity contribution is 0.373. The summed E-state index contributed by atoms with van der Waals surface area (Å²) in [5, 5.41) is 17.9. The molecule has 0 spiro atoms. The summed E-state index contributed by atoms with van der Waals surface area (Å²) in [6, 6.07) is 2.40. The zero-order valence-electron chi connectivity index (χ0n) is 7.82. The minimum atomic E-state index is -1.80. The van der Waals surface area contributed by atoms with E-state index in [0.717, 1.165) is 6.07 Å². The monoisotopic (exact) mass is 200 g/mol. The van der Waals surface area contributed by atoms with E-state index in [1.165, 1.54) is 20.3 Å². The smallest absolute Gasteiger partial charge is 0.492 e. The second kappa shape index (κ2) is 4.30. The molecule has 0 unspecified atom stereocenters. The first kappa shape index (κ1) is 10.8. The number of hydrogen-bond acceptors (Lipinski definition) is 4. The van der Waals surface area contributed by atoms with Crippen molar-refractivity contribution in [3.05, 3.63) is 17.9 Å². The van der Waals surface area contributed by atoms with E-state index in [0.29, 0.717) is 0 Å². The van der Waals surface area contributed by atoms with Gasteiger partial charge in [0.25, 0.3) is 0 Å². The van der Waals surface area contributed by atoms with Crippen molar-refractivity contribution < 1.29 is 23.9 Å². The molecule has 0 aliphatic rings. The number of halogens is 1. The summed E-state index contributed by atoms with van der Waals surface area (Å²) in [6.45, 7) is 0. The Morgan fingerprint density at radius 3 is 2.29 bits per heavy atom. The molecule has 0 saturated heterocycles. The predicted octanol–water partition coefficient (Wildman–Crippen LogP) is -0.477. The van der Waals surface area contributed by atoms with Crippen LogP contribution >= 0.6 is 0 Å². The highest BCUT2D eigenvalue weighted by Gasteiger charge is 2.21. The Hall–Kier alpha value is -1.27. The summed E-state index contributed by atoms with van der Waals surface area (Å²) in [5.74, 6) is -0.692. The zero-order valence-corrected chi connectivity index (χ0v) is 7.82. The van der Waals surface area contributed by atoms with Crippen LogP contribution in [0.5, 0.6) is 11.5 Å². The van der Waals surface area contributed by atoms with Gasteiger partial charge >= 0.3 is 7.12 Å². The van der Waals surface area contributed by atoms with Gasteiger partial charge in [-0.15, -0.1) is 0 Å². The number of rotatable bonds is 3. The molecule has 14 heavy (non-hydrogen) atoms. The highest BCUT2D eigenvalue weighted by molar-refractivity contribution is 6.59. The molecule has 0 bridgehead atoms. The van der Waals surface area contributed by atoms with Gasteiger partial charge in [0.15, 0.2) is 11.6 Å². The predicted molar refractivity (Wildman–Crippen MR) is 49.3 cm³/mol. The van der Waals surface area contributed by atoms with Crippen molar-refractivity contribution >= 4 is 12.6 Å². The molecule has 76 valence electrons. The van der Waals surface area contributed by atoms with Crippen LogP contribution in [0.25, 0.3) is 0 Å². The van der Waals surface area contributed by atoms with Crippen molar-refractivity contribution in [2.45, 2.75) is 0 Å². The Kier molecular flexibility index (Phi) is 3.32. The first-order valence-corrected chi connectivity index (χ1v) is 3.87. The maximum Gasteiger partial charge on any atom is 0.492 e. The van der Waals surface area contributed by atoms with Gasteiger partial charge in [-0.25, -0.2) is 4.39 Å². The van der Waals surface area contributed by atoms with Crippen LogP contribution in [0.15, 0.2) is 12.1 Å². The highest BCUT2D eigenvalue weighted by atomic mass is 19.1. The molecule has 0 aliphatic heterocycles. The van der Waals surface area contributed by atoms with Gasteiger partial charge in [-0.2, -0.15) is 0 Å². The Labute approximate surface area is 81.0 Å². The van der Waals surface area contributed by atoms with Gasteiger partial charge in [-0.05, 0) is 6.07 Å². The van der Waals surface area contributed by atoms with Crippen molar-refractivity contribution in [1.29, 1.82) is 0 Å². The molecule has 2 N–H and O–H groups in total. The van der Waals surface area contributed by atoms with Gasteiger partial charge in [0.2, 0.25) is 0 Å². The lowest BCUT2D eigenvalue weighted by atomic mass is 9.79. The van der Waals surface area contributed by atoms with E-state index in [4.69, 9.17) is 14.8 Å². The zero-order chi connectivity index (χ0) is 10.7. The van der Waals surface area contributed by atoms with Gasteiger partial charge < -0.3 is 19.5 Å². The number of benzene rings is 1. The Morgan fingerprint density at radius 2 is 1.86 bits per heavy atom. The maximum atomic E-state index is 13.2. The Balaban J connectivity index is 3.28. The molecule has 6 heteroatoms. The van der Waals surface area contributed by atoms with E-state index in [2.05, 4.69) is 4.74 Å². The Bertz CT molecular complexity index is 329. The molecule has 0 amide bonds. The lowest BCUT2D eigenvalue weighted by Crippen LogP contribution is -2.31. The van der Waals surface area contributed by atoms with E-state index >= 15 is 0 Å². The average Bonchev–Trinajstić information content (AvgIpc) is 2.16. The third kappa shape index (κ3) is 1.97. The Morgan fingerprint density at radius 1 is 1.21 bits per heavy atom. The van der Waals surface area contributed by atoms with Crippen LogP contribution in [0.3, 0.4) is 0 Å².